The van der Waals surface area contributed by atoms with Gasteiger partial charge in [-0.3, -0.25) is 0 Å². The molecular formula is C63H59N. The van der Waals surface area contributed by atoms with Crippen LogP contribution in [-0.4, -0.2) is 0 Å². The molecule has 1 nitrogen and oxygen atoms in total. The van der Waals surface area contributed by atoms with E-state index in [-0.39, 0.29) is 17.8 Å². The fourth-order valence-electron chi connectivity index (χ4n) is 11.7. The van der Waals surface area contributed by atoms with E-state index in [0.717, 1.165) is 43.5 Å². The zero-order valence-electron chi connectivity index (χ0n) is 37.5. The SMILES string of the molecule is C=CC(=CC=CC)C(c1cccc(C)c1)C1CCC2=C(C1)C(=C)C1C2=CC=C(N(c2ccc(C3=C4C=CC=CC4CC=C3)cc2)c2ccc(C3CC=Cc4ccccc43)cc2)C1C=C. The lowest BCUT2D eigenvalue weighted by Crippen LogP contribution is -2.29. The van der Waals surface area contributed by atoms with E-state index in [4.69, 9.17) is 6.58 Å². The van der Waals surface area contributed by atoms with Crippen LogP contribution >= 0.6 is 0 Å². The van der Waals surface area contributed by atoms with Gasteiger partial charge in [-0.2, -0.15) is 0 Å². The number of nitrogens with zero attached hydrogens (tertiary/aromatic N) is 1. The number of aryl methyl sites for hydroxylation is 1. The number of hydrogen-bond donors (Lipinski definition) is 0. The Bertz CT molecular complexity index is 2830. The first kappa shape index (κ1) is 41.3. The van der Waals surface area contributed by atoms with E-state index in [0.29, 0.717) is 17.8 Å². The lowest BCUT2D eigenvalue weighted by Gasteiger charge is -2.37. The Morgan fingerprint density at radius 2 is 1.61 bits per heavy atom. The average molecular weight is 830 g/mol. The van der Waals surface area contributed by atoms with Crippen LogP contribution < -0.4 is 4.90 Å². The van der Waals surface area contributed by atoms with Gasteiger partial charge < -0.3 is 4.90 Å². The van der Waals surface area contributed by atoms with Crippen LogP contribution in [0.25, 0.3) is 11.6 Å². The molecule has 0 amide bonds. The van der Waals surface area contributed by atoms with E-state index in [2.05, 4.69) is 220 Å². The minimum atomic E-state index is 0.0447. The van der Waals surface area contributed by atoms with Gasteiger partial charge in [0.05, 0.1) is 0 Å². The van der Waals surface area contributed by atoms with Gasteiger partial charge in [-0.25, -0.2) is 0 Å². The van der Waals surface area contributed by atoms with Crippen molar-refractivity contribution in [3.63, 3.8) is 0 Å². The summed E-state index contributed by atoms with van der Waals surface area (Å²) in [5.41, 5.74) is 21.2. The zero-order valence-corrected chi connectivity index (χ0v) is 37.5. The van der Waals surface area contributed by atoms with E-state index in [1.165, 1.54) is 78.1 Å². The fourth-order valence-corrected chi connectivity index (χ4v) is 11.7. The predicted molar refractivity (Wildman–Crippen MR) is 273 cm³/mol. The Labute approximate surface area is 382 Å². The van der Waals surface area contributed by atoms with Crippen molar-refractivity contribution < 1.29 is 0 Å². The van der Waals surface area contributed by atoms with Gasteiger partial charge in [-0.15, -0.1) is 6.58 Å². The molecule has 0 aliphatic heterocycles. The molecule has 1 heteroatoms. The second-order valence-electron chi connectivity index (χ2n) is 18.4. The van der Waals surface area contributed by atoms with Crippen LogP contribution in [0.2, 0.25) is 0 Å². The minimum absolute atomic E-state index is 0.0447. The van der Waals surface area contributed by atoms with Crippen molar-refractivity contribution in [3.8, 4) is 0 Å². The molecule has 0 heterocycles. The van der Waals surface area contributed by atoms with Gasteiger partial charge in [0.2, 0.25) is 0 Å². The molecule has 6 atom stereocenters. The predicted octanol–water partition coefficient (Wildman–Crippen LogP) is 16.5. The third kappa shape index (κ3) is 7.51. The maximum Gasteiger partial charge on any atom is 0.0459 e. The highest BCUT2D eigenvalue weighted by Gasteiger charge is 2.44. The second-order valence-corrected chi connectivity index (χ2v) is 18.4. The van der Waals surface area contributed by atoms with Crippen LogP contribution in [0.4, 0.5) is 11.4 Å². The quantitative estimate of drug-likeness (QED) is 0.108. The first-order chi connectivity index (χ1) is 31.4. The summed E-state index contributed by atoms with van der Waals surface area (Å²) in [7, 11) is 0. The number of fused-ring (bicyclic) bond motifs is 4. The molecule has 6 unspecified atom stereocenters. The Morgan fingerprint density at radius 1 is 0.812 bits per heavy atom. The van der Waals surface area contributed by atoms with Crippen molar-refractivity contribution in [1.29, 1.82) is 0 Å². The van der Waals surface area contributed by atoms with Gasteiger partial charge >= 0.3 is 0 Å². The van der Waals surface area contributed by atoms with Crippen molar-refractivity contribution in [2.45, 2.75) is 57.8 Å². The molecule has 4 aromatic rings. The molecule has 6 aliphatic rings. The minimum Gasteiger partial charge on any atom is -0.314 e. The summed E-state index contributed by atoms with van der Waals surface area (Å²) in [6.45, 7) is 18.1. The maximum absolute atomic E-state index is 4.97. The van der Waals surface area contributed by atoms with Crippen molar-refractivity contribution in [2.24, 2.45) is 23.7 Å². The molecule has 0 bridgehead atoms. The van der Waals surface area contributed by atoms with Crippen LogP contribution in [0.15, 0.2) is 241 Å². The van der Waals surface area contributed by atoms with Crippen LogP contribution in [0.1, 0.15) is 84.2 Å². The summed E-state index contributed by atoms with van der Waals surface area (Å²) >= 11 is 0. The Hall–Kier alpha value is -6.70. The Balaban J connectivity index is 1.02. The first-order valence-corrected chi connectivity index (χ1v) is 23.4. The summed E-state index contributed by atoms with van der Waals surface area (Å²) in [6, 6.07) is 36.6. The average Bonchev–Trinajstić information content (AvgIpc) is 3.63. The molecule has 0 fully saturated rings. The van der Waals surface area contributed by atoms with Crippen molar-refractivity contribution in [3.05, 3.63) is 274 Å². The van der Waals surface area contributed by atoms with E-state index in [9.17, 15) is 0 Å². The van der Waals surface area contributed by atoms with Crippen LogP contribution in [0.3, 0.4) is 0 Å². The molecule has 0 radical (unpaired) electrons. The molecule has 0 aromatic heterocycles. The molecule has 4 aromatic carbocycles. The normalized spacial score (nSPS) is 23.9. The van der Waals surface area contributed by atoms with Crippen molar-refractivity contribution in [1.82, 2.24) is 0 Å². The second kappa shape index (κ2) is 17.8. The van der Waals surface area contributed by atoms with Gasteiger partial charge in [0.15, 0.2) is 0 Å². The number of hydrogen-bond acceptors (Lipinski definition) is 1. The third-order valence-electron chi connectivity index (χ3n) is 14.8. The molecule has 0 spiro atoms. The molecular weight excluding hydrogens is 771 g/mol. The van der Waals surface area contributed by atoms with Crippen LogP contribution in [-0.2, 0) is 0 Å². The summed E-state index contributed by atoms with van der Waals surface area (Å²) in [5, 5.41) is 0. The summed E-state index contributed by atoms with van der Waals surface area (Å²) < 4.78 is 0. The topological polar surface area (TPSA) is 3.24 Å². The smallest absolute Gasteiger partial charge is 0.0459 e. The van der Waals surface area contributed by atoms with Crippen LogP contribution in [0.5, 0.6) is 0 Å². The van der Waals surface area contributed by atoms with Gasteiger partial charge in [-0.05, 0) is 149 Å². The molecule has 64 heavy (non-hydrogen) atoms. The van der Waals surface area contributed by atoms with Crippen molar-refractivity contribution in [2.75, 3.05) is 4.90 Å². The number of benzene rings is 4. The number of allylic oxidation sites excluding steroid dienone is 21. The third-order valence-corrected chi connectivity index (χ3v) is 14.8. The molecule has 0 N–H and O–H groups in total. The molecule has 316 valence electrons. The lowest BCUT2D eigenvalue weighted by atomic mass is 9.71. The fraction of sp³-hybridized carbons (Fsp3) is 0.206. The highest BCUT2D eigenvalue weighted by atomic mass is 15.2. The molecule has 0 saturated heterocycles. The van der Waals surface area contributed by atoms with Crippen LogP contribution in [0, 0.1) is 30.6 Å². The first-order valence-electron chi connectivity index (χ1n) is 23.4. The van der Waals surface area contributed by atoms with Crippen molar-refractivity contribution >= 4 is 23.0 Å². The lowest BCUT2D eigenvalue weighted by molar-refractivity contribution is 0.414. The molecule has 10 rings (SSSR count). The monoisotopic (exact) mass is 829 g/mol. The number of rotatable bonds is 11. The largest absolute Gasteiger partial charge is 0.314 e. The summed E-state index contributed by atoms with van der Waals surface area (Å²) in [4.78, 5) is 2.49. The Morgan fingerprint density at radius 3 is 2.39 bits per heavy atom. The van der Waals surface area contributed by atoms with Gasteiger partial charge in [0.1, 0.15) is 0 Å². The van der Waals surface area contributed by atoms with Gasteiger partial charge in [-0.1, -0.05) is 177 Å². The zero-order chi connectivity index (χ0) is 43.7. The highest BCUT2D eigenvalue weighted by molar-refractivity contribution is 5.82. The summed E-state index contributed by atoms with van der Waals surface area (Å²) in [6.07, 6.45) is 39.1. The van der Waals surface area contributed by atoms with E-state index < -0.39 is 0 Å². The Kier molecular flexibility index (Phi) is 11.5. The van der Waals surface area contributed by atoms with E-state index in [1.54, 1.807) is 0 Å². The highest BCUT2D eigenvalue weighted by Crippen LogP contribution is 2.57. The molecule has 6 aliphatic carbocycles. The van der Waals surface area contributed by atoms with Gasteiger partial charge in [0, 0.05) is 46.7 Å². The number of anilines is 2. The maximum atomic E-state index is 4.97. The van der Waals surface area contributed by atoms with E-state index in [1.807, 2.05) is 0 Å². The molecule has 0 saturated carbocycles. The van der Waals surface area contributed by atoms with E-state index >= 15 is 0 Å². The van der Waals surface area contributed by atoms with Gasteiger partial charge in [0.25, 0.3) is 0 Å². The summed E-state index contributed by atoms with van der Waals surface area (Å²) in [5.74, 6) is 1.66. The standard InChI is InChI=1S/C63H59N/c1-6-9-18-44(7-2)63(49-23-14-17-42(4)40-49)50-32-37-58-59-38-39-61(53(8-3)62(59)43(5)60(58)41-50)64(51-33-28-47(29-34-51)56-26-15-21-45-19-10-12-24-54(45)56)52-35-30-48(31-36-52)57-27-16-22-46-20-11-13-25-55(46)57/h6-21,23-25,27-31,33-36,38-40,46,50,53,56,62-63H,2-3,5,22,26,32,37,41H2,1,4H3.